The number of nitrogens with one attached hydrogen (secondary N) is 1. The maximum Gasteiger partial charge on any atom is 0.328 e. The predicted octanol–water partition coefficient (Wildman–Crippen LogP) is 3.01. The Balaban J connectivity index is 2.26. The molecule has 2 aromatic rings. The summed E-state index contributed by atoms with van der Waals surface area (Å²) in [6, 6.07) is 7.00. The van der Waals surface area contributed by atoms with E-state index < -0.39 is 0 Å². The number of hydrogen-bond donors (Lipinski definition) is 1. The van der Waals surface area contributed by atoms with Gasteiger partial charge in [-0.3, -0.25) is 0 Å². The van der Waals surface area contributed by atoms with Gasteiger partial charge in [-0.1, -0.05) is 17.7 Å². The first-order chi connectivity index (χ1) is 8.17. The van der Waals surface area contributed by atoms with Crippen molar-refractivity contribution in [1.29, 1.82) is 0 Å². The van der Waals surface area contributed by atoms with E-state index >= 15 is 0 Å². The molecule has 0 fully saturated rings. The Bertz CT molecular complexity index is 535. The van der Waals surface area contributed by atoms with Gasteiger partial charge in [0.15, 0.2) is 0 Å². The number of ether oxygens (including phenoxy) is 1. The van der Waals surface area contributed by atoms with Gasteiger partial charge in [-0.05, 0) is 29.8 Å². The summed E-state index contributed by atoms with van der Waals surface area (Å²) in [4.78, 5) is 11.7. The molecule has 0 atom stereocenters. The minimum Gasteiger partial charge on any atom is -0.424 e. The Morgan fingerprint density at radius 2 is 2.00 bits per heavy atom. The second-order valence-electron chi connectivity index (χ2n) is 3.02. The molecule has 1 N–H and O–H groups in total. The molecule has 5 nitrogen and oxygen atoms in total. The molecule has 0 radical (unpaired) electrons. The molecule has 1 heterocycles. The van der Waals surface area contributed by atoms with Crippen LogP contribution in [0.3, 0.4) is 0 Å². The van der Waals surface area contributed by atoms with Crippen LogP contribution in [-0.2, 0) is 0 Å². The molecule has 0 aliphatic rings. The van der Waals surface area contributed by atoms with Crippen molar-refractivity contribution in [3.63, 3.8) is 0 Å². The lowest BCUT2D eigenvalue weighted by molar-refractivity contribution is 0.440. The summed E-state index contributed by atoms with van der Waals surface area (Å²) >= 11 is 11.5. The maximum atomic E-state index is 5.83. The third-order valence-corrected chi connectivity index (χ3v) is 2.22. The largest absolute Gasteiger partial charge is 0.424 e. The molecule has 0 aliphatic carbocycles. The molecule has 0 aliphatic heterocycles. The third kappa shape index (κ3) is 3.18. The molecule has 1 aromatic carbocycles. The van der Waals surface area contributed by atoms with Crippen molar-refractivity contribution in [3.8, 4) is 11.8 Å². The zero-order valence-electron chi connectivity index (χ0n) is 8.82. The standard InChI is InChI=1S/C10H8Cl2N4O/c1-13-9-14-8(12)15-10(16-9)17-7-4-2-3-6(11)5-7/h2-5H,1H3,(H,13,14,15,16). The summed E-state index contributed by atoms with van der Waals surface area (Å²) < 4.78 is 5.41. The summed E-state index contributed by atoms with van der Waals surface area (Å²) in [5, 5.41) is 3.38. The summed E-state index contributed by atoms with van der Waals surface area (Å²) in [5.74, 6) is 0.865. The minimum atomic E-state index is 0.0568. The summed E-state index contributed by atoms with van der Waals surface area (Å²) in [7, 11) is 1.68. The number of aromatic nitrogens is 3. The number of halogens is 2. The number of benzene rings is 1. The Kier molecular flexibility index (Phi) is 3.61. The molecule has 0 unspecified atom stereocenters. The van der Waals surface area contributed by atoms with Gasteiger partial charge in [-0.25, -0.2) is 0 Å². The van der Waals surface area contributed by atoms with Crippen LogP contribution >= 0.6 is 23.2 Å². The van der Waals surface area contributed by atoms with Gasteiger partial charge in [0.1, 0.15) is 5.75 Å². The number of nitrogens with zero attached hydrogens (tertiary/aromatic N) is 3. The van der Waals surface area contributed by atoms with Crippen molar-refractivity contribution in [2.45, 2.75) is 0 Å². The maximum absolute atomic E-state index is 5.83. The van der Waals surface area contributed by atoms with E-state index in [1.807, 2.05) is 0 Å². The van der Waals surface area contributed by atoms with Crippen LogP contribution in [0.25, 0.3) is 0 Å². The zero-order chi connectivity index (χ0) is 12.3. The number of rotatable bonds is 3. The fourth-order valence-electron chi connectivity index (χ4n) is 1.13. The molecule has 0 spiro atoms. The molecule has 7 heteroatoms. The van der Waals surface area contributed by atoms with Gasteiger partial charge in [0.25, 0.3) is 0 Å². The first kappa shape index (κ1) is 11.9. The van der Waals surface area contributed by atoms with Crippen LogP contribution in [0, 0.1) is 0 Å². The highest BCUT2D eigenvalue weighted by Crippen LogP contribution is 2.22. The van der Waals surface area contributed by atoms with E-state index in [0.717, 1.165) is 0 Å². The predicted molar refractivity (Wildman–Crippen MR) is 65.9 cm³/mol. The molecule has 2 rings (SSSR count). The fraction of sp³-hybridized carbons (Fsp3) is 0.100. The minimum absolute atomic E-state index is 0.0568. The lowest BCUT2D eigenvalue weighted by Gasteiger charge is -2.05. The van der Waals surface area contributed by atoms with E-state index in [9.17, 15) is 0 Å². The summed E-state index contributed by atoms with van der Waals surface area (Å²) in [5.41, 5.74) is 0. The molecule has 0 saturated heterocycles. The van der Waals surface area contributed by atoms with Crippen molar-refractivity contribution >= 4 is 29.2 Å². The second-order valence-corrected chi connectivity index (χ2v) is 3.79. The first-order valence-corrected chi connectivity index (χ1v) is 5.46. The summed E-state index contributed by atoms with van der Waals surface area (Å²) in [6.45, 7) is 0. The molecular formula is C10H8Cl2N4O. The van der Waals surface area contributed by atoms with E-state index in [1.54, 1.807) is 31.3 Å². The summed E-state index contributed by atoms with van der Waals surface area (Å²) in [6.07, 6.45) is 0. The van der Waals surface area contributed by atoms with Crippen LogP contribution in [0.1, 0.15) is 0 Å². The molecule has 0 saturated carbocycles. The van der Waals surface area contributed by atoms with E-state index in [1.165, 1.54) is 0 Å². The van der Waals surface area contributed by atoms with Crippen molar-refractivity contribution in [3.05, 3.63) is 34.6 Å². The monoisotopic (exact) mass is 270 g/mol. The Hall–Kier alpha value is -1.59. The Morgan fingerprint density at radius 3 is 2.71 bits per heavy atom. The van der Waals surface area contributed by atoms with Gasteiger partial charge in [-0.15, -0.1) is 0 Å². The SMILES string of the molecule is CNc1nc(Cl)nc(Oc2cccc(Cl)c2)n1. The van der Waals surface area contributed by atoms with Gasteiger partial charge in [0.05, 0.1) is 0 Å². The normalized spacial score (nSPS) is 10.1. The van der Waals surface area contributed by atoms with Crippen LogP contribution in [0.5, 0.6) is 11.8 Å². The lowest BCUT2D eigenvalue weighted by Crippen LogP contribution is -2.01. The van der Waals surface area contributed by atoms with E-state index in [2.05, 4.69) is 20.3 Å². The van der Waals surface area contributed by atoms with Crippen LogP contribution < -0.4 is 10.1 Å². The van der Waals surface area contributed by atoms with Crippen molar-refractivity contribution in [2.24, 2.45) is 0 Å². The van der Waals surface area contributed by atoms with Gasteiger partial charge < -0.3 is 10.1 Å². The lowest BCUT2D eigenvalue weighted by atomic mass is 10.3. The average Bonchev–Trinajstić information content (AvgIpc) is 2.28. The molecule has 17 heavy (non-hydrogen) atoms. The molecule has 0 bridgehead atoms. The van der Waals surface area contributed by atoms with Crippen LogP contribution in [0.15, 0.2) is 24.3 Å². The highest BCUT2D eigenvalue weighted by Gasteiger charge is 2.06. The van der Waals surface area contributed by atoms with E-state index in [0.29, 0.717) is 16.7 Å². The highest BCUT2D eigenvalue weighted by molar-refractivity contribution is 6.30. The Labute approximate surface area is 108 Å². The van der Waals surface area contributed by atoms with E-state index in [-0.39, 0.29) is 11.3 Å². The fourth-order valence-corrected chi connectivity index (χ4v) is 1.46. The third-order valence-electron chi connectivity index (χ3n) is 1.82. The quantitative estimate of drug-likeness (QED) is 0.929. The van der Waals surface area contributed by atoms with Crippen molar-refractivity contribution in [1.82, 2.24) is 15.0 Å². The topological polar surface area (TPSA) is 59.9 Å². The zero-order valence-corrected chi connectivity index (χ0v) is 10.3. The highest BCUT2D eigenvalue weighted by atomic mass is 35.5. The van der Waals surface area contributed by atoms with E-state index in [4.69, 9.17) is 27.9 Å². The van der Waals surface area contributed by atoms with Gasteiger partial charge in [-0.2, -0.15) is 15.0 Å². The Morgan fingerprint density at radius 1 is 1.18 bits per heavy atom. The van der Waals surface area contributed by atoms with Crippen LogP contribution in [0.4, 0.5) is 5.95 Å². The molecular weight excluding hydrogens is 263 g/mol. The number of anilines is 1. The second kappa shape index (κ2) is 5.16. The van der Waals surface area contributed by atoms with Gasteiger partial charge in [0, 0.05) is 12.1 Å². The van der Waals surface area contributed by atoms with Crippen molar-refractivity contribution in [2.75, 3.05) is 12.4 Å². The average molecular weight is 271 g/mol. The smallest absolute Gasteiger partial charge is 0.328 e. The molecule has 88 valence electrons. The molecule has 1 aromatic heterocycles. The first-order valence-electron chi connectivity index (χ1n) is 4.70. The van der Waals surface area contributed by atoms with Crippen molar-refractivity contribution < 1.29 is 4.74 Å². The van der Waals surface area contributed by atoms with Crippen LogP contribution in [-0.4, -0.2) is 22.0 Å². The van der Waals surface area contributed by atoms with Crippen LogP contribution in [0.2, 0.25) is 10.3 Å². The number of hydrogen-bond acceptors (Lipinski definition) is 5. The van der Waals surface area contributed by atoms with Gasteiger partial charge >= 0.3 is 6.01 Å². The molecule has 0 amide bonds. The van der Waals surface area contributed by atoms with Gasteiger partial charge in [0.2, 0.25) is 11.2 Å².